The normalized spacial score (nSPS) is 18.1. The van der Waals surface area contributed by atoms with Crippen molar-refractivity contribution < 1.29 is 19.1 Å². The van der Waals surface area contributed by atoms with Gasteiger partial charge in [-0.15, -0.1) is 0 Å². The predicted octanol–water partition coefficient (Wildman–Crippen LogP) is 5.68. The van der Waals surface area contributed by atoms with Crippen molar-refractivity contribution in [2.75, 3.05) is 20.8 Å². The zero-order chi connectivity index (χ0) is 30.5. The van der Waals surface area contributed by atoms with Crippen molar-refractivity contribution >= 4 is 11.8 Å². The highest BCUT2D eigenvalue weighted by molar-refractivity contribution is 5.90. The minimum Gasteiger partial charge on any atom is -0.465 e. The Kier molecular flexibility index (Phi) is 9.36. The van der Waals surface area contributed by atoms with E-state index in [1.54, 1.807) is 20.4 Å². The summed E-state index contributed by atoms with van der Waals surface area (Å²) < 4.78 is 13.4. The zero-order valence-corrected chi connectivity index (χ0v) is 25.3. The van der Waals surface area contributed by atoms with Crippen LogP contribution in [0.1, 0.15) is 58.8 Å². The van der Waals surface area contributed by atoms with E-state index >= 15 is 0 Å². The summed E-state index contributed by atoms with van der Waals surface area (Å²) in [4.78, 5) is 38.8. The monoisotopic (exact) mass is 581 g/mol. The van der Waals surface area contributed by atoms with E-state index in [4.69, 9.17) is 14.6 Å². The lowest BCUT2D eigenvalue weighted by Crippen LogP contribution is -2.24. The first-order valence-corrected chi connectivity index (χ1v) is 14.8. The summed E-state index contributed by atoms with van der Waals surface area (Å²) in [6.45, 7) is 2.67. The summed E-state index contributed by atoms with van der Waals surface area (Å²) in [5, 5.41) is 4.92. The highest BCUT2D eigenvalue weighted by Crippen LogP contribution is 2.46. The van der Waals surface area contributed by atoms with Gasteiger partial charge in [-0.2, -0.15) is 5.10 Å². The van der Waals surface area contributed by atoms with Gasteiger partial charge in [0.25, 0.3) is 5.56 Å². The Bertz CT molecular complexity index is 1640. The zero-order valence-electron chi connectivity index (χ0n) is 25.3. The van der Waals surface area contributed by atoms with E-state index in [1.807, 2.05) is 48.0 Å². The van der Waals surface area contributed by atoms with E-state index in [9.17, 15) is 14.4 Å². The van der Waals surface area contributed by atoms with E-state index in [-0.39, 0.29) is 23.7 Å². The Morgan fingerprint density at radius 3 is 2.37 bits per heavy atom. The van der Waals surface area contributed by atoms with Crippen LogP contribution in [0.25, 0.3) is 16.9 Å². The van der Waals surface area contributed by atoms with E-state index in [0.29, 0.717) is 29.5 Å². The molecule has 43 heavy (non-hydrogen) atoms. The van der Waals surface area contributed by atoms with E-state index in [1.165, 1.54) is 23.3 Å². The van der Waals surface area contributed by atoms with Gasteiger partial charge in [0.1, 0.15) is 11.3 Å². The number of nitrogens with zero attached hydrogens (tertiary/aromatic N) is 3. The van der Waals surface area contributed by atoms with E-state index in [0.717, 1.165) is 42.8 Å². The number of carbonyl (C=O) groups is 2. The molecule has 0 spiro atoms. The smallest absolute Gasteiger partial charge is 0.343 e. The number of esters is 1. The topological polar surface area (TPSA) is 92.4 Å². The Labute approximate surface area is 252 Å². The van der Waals surface area contributed by atoms with Gasteiger partial charge in [0, 0.05) is 45.4 Å². The molecule has 0 amide bonds. The molecule has 2 aromatic carbocycles. The van der Waals surface area contributed by atoms with Crippen LogP contribution in [-0.2, 0) is 27.7 Å². The van der Waals surface area contributed by atoms with Crippen LogP contribution < -0.4 is 5.56 Å². The third kappa shape index (κ3) is 6.54. The SMILES string of the molecule is COCC[C@@H]1C[C@@H](CC(=O)Cc2c(C)c(-c3cc(C(=O)OC)c(=O)n(C)c3)nn2-c2ccccc2)[C@H](c2ccccc2)C1. The Balaban J connectivity index is 1.48. The molecule has 4 aromatic rings. The standard InChI is InChI=1S/C35H39N3O5/c1-23-32(21-29(39)19-26-17-24(15-16-42-3)18-30(26)25-11-7-5-8-12-25)38(28-13-9-6-10-14-28)36-33(23)27-20-31(35(41)43-4)34(40)37(2)22-27/h5-14,20,22,24,26,30H,15-19,21H2,1-4H3/t24-,26+,30+/m1/s1. The van der Waals surface area contributed by atoms with Crippen molar-refractivity contribution in [1.29, 1.82) is 0 Å². The van der Waals surface area contributed by atoms with Crippen molar-refractivity contribution in [3.05, 3.63) is 106 Å². The van der Waals surface area contributed by atoms with Gasteiger partial charge >= 0.3 is 5.97 Å². The Hall–Kier alpha value is -4.30. The number of Topliss-reactive ketones (excluding diaryl/α,β-unsaturated/α-hetero) is 1. The molecule has 0 saturated heterocycles. The van der Waals surface area contributed by atoms with Crippen LogP contribution in [0.15, 0.2) is 77.7 Å². The highest BCUT2D eigenvalue weighted by Gasteiger charge is 2.36. The molecule has 2 heterocycles. The maximum atomic E-state index is 13.9. The lowest BCUT2D eigenvalue weighted by molar-refractivity contribution is -0.119. The average Bonchev–Trinajstić information content (AvgIpc) is 3.58. The molecule has 0 aliphatic heterocycles. The van der Waals surface area contributed by atoms with Crippen molar-refractivity contribution in [2.45, 2.75) is 44.9 Å². The van der Waals surface area contributed by atoms with Crippen LogP contribution in [0.5, 0.6) is 0 Å². The van der Waals surface area contributed by atoms with Crippen molar-refractivity contribution in [3.8, 4) is 16.9 Å². The van der Waals surface area contributed by atoms with E-state index in [2.05, 4.69) is 24.3 Å². The van der Waals surface area contributed by atoms with Gasteiger partial charge in [-0.05, 0) is 73.3 Å². The van der Waals surface area contributed by atoms with Gasteiger partial charge in [-0.1, -0.05) is 48.5 Å². The van der Waals surface area contributed by atoms with Crippen LogP contribution in [0.3, 0.4) is 0 Å². The van der Waals surface area contributed by atoms with Crippen molar-refractivity contribution in [1.82, 2.24) is 14.3 Å². The third-order valence-corrected chi connectivity index (χ3v) is 8.71. The molecule has 1 saturated carbocycles. The number of methoxy groups -OCH3 is 2. The first-order valence-electron chi connectivity index (χ1n) is 14.8. The maximum absolute atomic E-state index is 13.9. The molecule has 0 unspecified atom stereocenters. The average molecular weight is 582 g/mol. The van der Waals surface area contributed by atoms with Crippen LogP contribution in [0.4, 0.5) is 0 Å². The number of benzene rings is 2. The molecular formula is C35H39N3O5. The highest BCUT2D eigenvalue weighted by atomic mass is 16.5. The number of rotatable bonds is 11. The molecule has 0 radical (unpaired) electrons. The maximum Gasteiger partial charge on any atom is 0.343 e. The Morgan fingerprint density at radius 1 is 1.00 bits per heavy atom. The molecule has 224 valence electrons. The molecule has 1 aliphatic rings. The van der Waals surface area contributed by atoms with Gasteiger partial charge in [-0.3, -0.25) is 9.59 Å². The Morgan fingerprint density at radius 2 is 1.70 bits per heavy atom. The molecule has 0 N–H and O–H groups in total. The molecule has 2 aromatic heterocycles. The second-order valence-electron chi connectivity index (χ2n) is 11.5. The first-order chi connectivity index (χ1) is 20.8. The van der Waals surface area contributed by atoms with Crippen molar-refractivity contribution in [3.63, 3.8) is 0 Å². The fourth-order valence-electron chi connectivity index (χ4n) is 6.54. The second kappa shape index (κ2) is 13.3. The van der Waals surface area contributed by atoms with Crippen LogP contribution in [0, 0.1) is 18.8 Å². The molecule has 8 heteroatoms. The lowest BCUT2D eigenvalue weighted by atomic mass is 9.85. The molecule has 8 nitrogen and oxygen atoms in total. The molecule has 5 rings (SSSR count). The quantitative estimate of drug-likeness (QED) is 0.212. The van der Waals surface area contributed by atoms with Crippen LogP contribution in [-0.4, -0.2) is 46.9 Å². The largest absolute Gasteiger partial charge is 0.465 e. The predicted molar refractivity (Wildman–Crippen MR) is 166 cm³/mol. The summed E-state index contributed by atoms with van der Waals surface area (Å²) in [6, 6.07) is 21.8. The fourth-order valence-corrected chi connectivity index (χ4v) is 6.54. The lowest BCUT2D eigenvalue weighted by Gasteiger charge is -2.19. The summed E-state index contributed by atoms with van der Waals surface area (Å²) in [5.74, 6) is 0.591. The van der Waals surface area contributed by atoms with Gasteiger partial charge in [-0.25, -0.2) is 9.48 Å². The summed E-state index contributed by atoms with van der Waals surface area (Å²) >= 11 is 0. The minimum absolute atomic E-state index is 0.0648. The molecule has 1 fully saturated rings. The van der Waals surface area contributed by atoms with Gasteiger partial charge in [0.2, 0.25) is 0 Å². The molecule has 0 bridgehead atoms. The fraction of sp³-hybridized carbons (Fsp3) is 0.371. The number of hydrogen-bond acceptors (Lipinski definition) is 6. The number of pyridine rings is 1. The van der Waals surface area contributed by atoms with E-state index < -0.39 is 11.5 Å². The first kappa shape index (κ1) is 30.2. The molecular weight excluding hydrogens is 542 g/mol. The number of hydrogen-bond donors (Lipinski definition) is 0. The molecule has 1 aliphatic carbocycles. The summed E-state index contributed by atoms with van der Waals surface area (Å²) in [7, 11) is 4.58. The minimum atomic E-state index is -0.702. The number of aryl methyl sites for hydroxylation is 1. The van der Waals surface area contributed by atoms with Crippen LogP contribution in [0.2, 0.25) is 0 Å². The second-order valence-corrected chi connectivity index (χ2v) is 11.5. The van der Waals surface area contributed by atoms with Crippen molar-refractivity contribution in [2.24, 2.45) is 18.9 Å². The number of ketones is 1. The summed E-state index contributed by atoms with van der Waals surface area (Å²) in [6.07, 6.45) is 5.44. The molecule has 3 atom stereocenters. The number of carbonyl (C=O) groups excluding carboxylic acids is 2. The number of ether oxygens (including phenoxy) is 2. The van der Waals surface area contributed by atoms with Gasteiger partial charge in [0.05, 0.1) is 24.2 Å². The number of aromatic nitrogens is 3. The number of para-hydroxylation sites is 1. The third-order valence-electron chi connectivity index (χ3n) is 8.71. The summed E-state index contributed by atoms with van der Waals surface area (Å²) in [5.41, 5.74) is 4.45. The van der Waals surface area contributed by atoms with Crippen LogP contribution >= 0.6 is 0 Å². The van der Waals surface area contributed by atoms with Gasteiger partial charge < -0.3 is 14.0 Å². The van der Waals surface area contributed by atoms with Gasteiger partial charge in [0.15, 0.2) is 0 Å².